The van der Waals surface area contributed by atoms with E-state index in [1.807, 2.05) is 18.2 Å². The number of nitrogen functional groups attached to an aromatic ring is 2. The molecule has 2 aromatic carbocycles. The Morgan fingerprint density at radius 3 is 2.57 bits per heavy atom. The molecule has 3 aromatic rings. The minimum Gasteiger partial charge on any atom is -0.398 e. The highest BCUT2D eigenvalue weighted by molar-refractivity contribution is 5.95. The second kappa shape index (κ2) is 4.48. The van der Waals surface area contributed by atoms with Crippen molar-refractivity contribution in [1.82, 2.24) is 4.98 Å². The van der Waals surface area contributed by atoms with Crippen molar-refractivity contribution in [3.63, 3.8) is 0 Å². The van der Waals surface area contributed by atoms with Crippen LogP contribution in [0.25, 0.3) is 22.0 Å². The van der Waals surface area contributed by atoms with Gasteiger partial charge in [-0.25, -0.2) is 4.98 Å². The lowest BCUT2D eigenvalue weighted by atomic mass is 10.00. The molecule has 1 aromatic heterocycles. The summed E-state index contributed by atoms with van der Waals surface area (Å²) >= 11 is 0. The maximum Gasteiger partial charge on any atom is 0.131 e. The lowest BCUT2D eigenvalue weighted by molar-refractivity contribution is 1.13. The normalized spacial score (nSPS) is 14.5. The Kier molecular flexibility index (Phi) is 2.61. The van der Waals surface area contributed by atoms with Gasteiger partial charge in [-0.3, -0.25) is 0 Å². The predicted molar refractivity (Wildman–Crippen MR) is 88.0 cm³/mol. The summed E-state index contributed by atoms with van der Waals surface area (Å²) in [6, 6.07) is 16.4. The molecule has 21 heavy (non-hydrogen) atoms. The van der Waals surface area contributed by atoms with Gasteiger partial charge in [-0.05, 0) is 48.1 Å². The number of rotatable bonds is 2. The Hall–Kier alpha value is -2.55. The maximum absolute atomic E-state index is 6.16. The third kappa shape index (κ3) is 2.11. The molecule has 0 saturated heterocycles. The van der Waals surface area contributed by atoms with Crippen LogP contribution in [0.1, 0.15) is 24.3 Å². The number of hydrogen-bond acceptors (Lipinski definition) is 3. The Bertz CT molecular complexity index is 835. The van der Waals surface area contributed by atoms with E-state index < -0.39 is 0 Å². The summed E-state index contributed by atoms with van der Waals surface area (Å²) in [5.41, 5.74) is 17.3. The molecule has 0 spiro atoms. The van der Waals surface area contributed by atoms with Crippen molar-refractivity contribution in [1.29, 1.82) is 0 Å². The number of anilines is 2. The fourth-order valence-corrected chi connectivity index (χ4v) is 2.84. The smallest absolute Gasteiger partial charge is 0.131 e. The summed E-state index contributed by atoms with van der Waals surface area (Å²) in [5, 5.41) is 0.957. The molecule has 3 heteroatoms. The van der Waals surface area contributed by atoms with Crippen LogP contribution < -0.4 is 11.5 Å². The van der Waals surface area contributed by atoms with E-state index in [0.717, 1.165) is 33.6 Å². The molecule has 1 fully saturated rings. The molecule has 3 nitrogen and oxygen atoms in total. The van der Waals surface area contributed by atoms with Crippen LogP contribution in [-0.2, 0) is 0 Å². The van der Waals surface area contributed by atoms with Crippen LogP contribution in [0.2, 0.25) is 0 Å². The monoisotopic (exact) mass is 275 g/mol. The van der Waals surface area contributed by atoms with Gasteiger partial charge in [-0.1, -0.05) is 30.3 Å². The molecule has 4 N–H and O–H groups in total. The van der Waals surface area contributed by atoms with E-state index in [4.69, 9.17) is 11.5 Å². The molecule has 0 radical (unpaired) electrons. The Balaban J connectivity index is 1.91. The van der Waals surface area contributed by atoms with Gasteiger partial charge in [0.2, 0.25) is 0 Å². The van der Waals surface area contributed by atoms with Gasteiger partial charge < -0.3 is 11.5 Å². The van der Waals surface area contributed by atoms with Crippen LogP contribution in [0, 0.1) is 0 Å². The molecular formula is C18H17N3. The van der Waals surface area contributed by atoms with E-state index in [-0.39, 0.29) is 0 Å². The Morgan fingerprint density at radius 1 is 0.952 bits per heavy atom. The number of hydrogen-bond donors (Lipinski definition) is 2. The van der Waals surface area contributed by atoms with Crippen molar-refractivity contribution in [2.75, 3.05) is 11.5 Å². The van der Waals surface area contributed by atoms with E-state index in [1.54, 1.807) is 0 Å². The van der Waals surface area contributed by atoms with Crippen LogP contribution >= 0.6 is 0 Å². The highest BCUT2D eigenvalue weighted by Gasteiger charge is 2.23. The predicted octanol–water partition coefficient (Wildman–Crippen LogP) is 3.94. The van der Waals surface area contributed by atoms with Crippen molar-refractivity contribution >= 4 is 22.4 Å². The Morgan fingerprint density at radius 2 is 1.76 bits per heavy atom. The molecular weight excluding hydrogens is 258 g/mol. The number of nitrogens with zero attached hydrogens (tertiary/aromatic N) is 1. The average Bonchev–Trinajstić information content (AvgIpc) is 3.32. The van der Waals surface area contributed by atoms with Crippen LogP contribution in [0.15, 0.2) is 48.5 Å². The summed E-state index contributed by atoms with van der Waals surface area (Å²) in [6.45, 7) is 0. The van der Waals surface area contributed by atoms with Gasteiger partial charge in [0, 0.05) is 16.6 Å². The molecule has 4 rings (SSSR count). The van der Waals surface area contributed by atoms with Crippen molar-refractivity contribution in [2.24, 2.45) is 0 Å². The van der Waals surface area contributed by atoms with E-state index in [9.17, 15) is 0 Å². The van der Waals surface area contributed by atoms with E-state index in [2.05, 4.69) is 35.3 Å². The lowest BCUT2D eigenvalue weighted by Crippen LogP contribution is -1.97. The third-order valence-corrected chi connectivity index (χ3v) is 4.17. The first kappa shape index (κ1) is 12.2. The number of pyridine rings is 1. The molecule has 104 valence electrons. The third-order valence-electron chi connectivity index (χ3n) is 4.17. The quantitative estimate of drug-likeness (QED) is 0.696. The minimum atomic E-state index is 0.557. The summed E-state index contributed by atoms with van der Waals surface area (Å²) < 4.78 is 0. The first-order valence-corrected chi connectivity index (χ1v) is 7.27. The van der Waals surface area contributed by atoms with Gasteiger partial charge in [0.05, 0.1) is 5.52 Å². The zero-order valence-corrected chi connectivity index (χ0v) is 11.7. The lowest BCUT2D eigenvalue weighted by Gasteiger charge is -2.10. The fourth-order valence-electron chi connectivity index (χ4n) is 2.84. The van der Waals surface area contributed by atoms with Crippen LogP contribution in [0.5, 0.6) is 0 Å². The maximum atomic E-state index is 6.16. The van der Waals surface area contributed by atoms with Crippen molar-refractivity contribution < 1.29 is 0 Å². The standard InChI is InChI=1S/C18H17N3/c19-16-5-2-6-17-15(16)10-14(18(20)21-17)13-4-1-3-12(9-13)11-7-8-11/h1-6,9-11H,7-8,19H2,(H2,20,21). The van der Waals surface area contributed by atoms with Crippen LogP contribution in [0.3, 0.4) is 0 Å². The first-order chi connectivity index (χ1) is 10.2. The van der Waals surface area contributed by atoms with E-state index in [1.165, 1.54) is 18.4 Å². The highest BCUT2D eigenvalue weighted by atomic mass is 14.8. The summed E-state index contributed by atoms with van der Waals surface area (Å²) in [4.78, 5) is 4.50. The molecule has 1 aliphatic rings. The number of nitrogens with two attached hydrogens (primary N) is 2. The van der Waals surface area contributed by atoms with Crippen molar-refractivity contribution in [3.05, 3.63) is 54.1 Å². The zero-order chi connectivity index (χ0) is 14.4. The van der Waals surface area contributed by atoms with Crippen molar-refractivity contribution in [2.45, 2.75) is 18.8 Å². The second-order valence-corrected chi connectivity index (χ2v) is 5.73. The highest BCUT2D eigenvalue weighted by Crippen LogP contribution is 2.41. The fraction of sp³-hybridized carbons (Fsp3) is 0.167. The zero-order valence-electron chi connectivity index (χ0n) is 11.7. The number of fused-ring (bicyclic) bond motifs is 1. The van der Waals surface area contributed by atoms with Gasteiger partial charge in [-0.2, -0.15) is 0 Å². The average molecular weight is 275 g/mol. The first-order valence-electron chi connectivity index (χ1n) is 7.27. The molecule has 0 amide bonds. The second-order valence-electron chi connectivity index (χ2n) is 5.73. The Labute approximate surface area is 123 Å². The largest absolute Gasteiger partial charge is 0.398 e. The molecule has 1 saturated carbocycles. The molecule has 1 heterocycles. The summed E-state index contributed by atoms with van der Waals surface area (Å²) in [5.74, 6) is 1.28. The van der Waals surface area contributed by atoms with E-state index in [0.29, 0.717) is 5.82 Å². The molecule has 1 aliphatic carbocycles. The summed E-state index contributed by atoms with van der Waals surface area (Å²) in [7, 11) is 0. The van der Waals surface area contributed by atoms with Crippen molar-refractivity contribution in [3.8, 4) is 11.1 Å². The van der Waals surface area contributed by atoms with Crippen LogP contribution in [-0.4, -0.2) is 4.98 Å². The number of benzene rings is 2. The topological polar surface area (TPSA) is 64.9 Å². The number of aromatic nitrogens is 1. The van der Waals surface area contributed by atoms with Gasteiger partial charge in [0.15, 0.2) is 0 Å². The minimum absolute atomic E-state index is 0.557. The van der Waals surface area contributed by atoms with Gasteiger partial charge in [-0.15, -0.1) is 0 Å². The van der Waals surface area contributed by atoms with Gasteiger partial charge in [0.1, 0.15) is 5.82 Å². The molecule has 0 atom stereocenters. The summed E-state index contributed by atoms with van der Waals surface area (Å²) in [6.07, 6.45) is 2.59. The van der Waals surface area contributed by atoms with Gasteiger partial charge in [0.25, 0.3) is 0 Å². The SMILES string of the molecule is Nc1nc2cccc(N)c2cc1-c1cccc(C2CC2)c1. The molecule has 0 aliphatic heterocycles. The molecule has 0 unspecified atom stereocenters. The van der Waals surface area contributed by atoms with Gasteiger partial charge >= 0.3 is 0 Å². The van der Waals surface area contributed by atoms with Crippen LogP contribution in [0.4, 0.5) is 11.5 Å². The molecule has 0 bridgehead atoms. The van der Waals surface area contributed by atoms with E-state index >= 15 is 0 Å².